The molecule has 1 fully saturated rings. The summed E-state index contributed by atoms with van der Waals surface area (Å²) in [5.41, 5.74) is 2.40. The first kappa shape index (κ1) is 13.6. The first-order valence-corrected chi connectivity index (χ1v) is 8.06. The van der Waals surface area contributed by atoms with Gasteiger partial charge in [0.2, 0.25) is 0 Å². The average Bonchev–Trinajstić information content (AvgIpc) is 2.85. The fourth-order valence-electron chi connectivity index (χ4n) is 3.28. The number of nitrogens with one attached hydrogen (secondary N) is 1. The Kier molecular flexibility index (Phi) is 4.36. The molecule has 1 aliphatic carbocycles. The van der Waals surface area contributed by atoms with E-state index in [0.717, 1.165) is 25.0 Å². The molecular formula is C17H25N3. The largest absolute Gasteiger partial charge is 0.327 e. The number of aryl methyl sites for hydroxylation is 1. The van der Waals surface area contributed by atoms with Crippen molar-refractivity contribution in [2.45, 2.75) is 64.6 Å². The van der Waals surface area contributed by atoms with Crippen molar-refractivity contribution in [3.8, 4) is 0 Å². The van der Waals surface area contributed by atoms with Crippen LogP contribution >= 0.6 is 0 Å². The summed E-state index contributed by atoms with van der Waals surface area (Å²) in [6, 6.07) is 9.17. The first-order chi connectivity index (χ1) is 9.88. The van der Waals surface area contributed by atoms with Gasteiger partial charge in [0.1, 0.15) is 5.82 Å². The van der Waals surface area contributed by atoms with E-state index in [-0.39, 0.29) is 0 Å². The summed E-state index contributed by atoms with van der Waals surface area (Å²) >= 11 is 0. The average molecular weight is 271 g/mol. The third kappa shape index (κ3) is 2.88. The summed E-state index contributed by atoms with van der Waals surface area (Å²) < 4.78 is 2.38. The maximum atomic E-state index is 4.82. The molecule has 0 atom stereocenters. The van der Waals surface area contributed by atoms with Gasteiger partial charge >= 0.3 is 0 Å². The Balaban J connectivity index is 1.77. The quantitative estimate of drug-likeness (QED) is 0.894. The van der Waals surface area contributed by atoms with Crippen LogP contribution in [-0.4, -0.2) is 15.6 Å². The van der Waals surface area contributed by atoms with Gasteiger partial charge in [0.05, 0.1) is 17.6 Å². The zero-order chi connectivity index (χ0) is 13.8. The van der Waals surface area contributed by atoms with Gasteiger partial charge in [-0.1, -0.05) is 38.3 Å². The van der Waals surface area contributed by atoms with Crippen LogP contribution in [0.15, 0.2) is 24.3 Å². The first-order valence-electron chi connectivity index (χ1n) is 8.06. The van der Waals surface area contributed by atoms with Gasteiger partial charge in [-0.15, -0.1) is 0 Å². The lowest BCUT2D eigenvalue weighted by molar-refractivity contribution is 0.367. The summed E-state index contributed by atoms with van der Waals surface area (Å²) in [6.07, 6.45) is 7.97. The second kappa shape index (κ2) is 6.40. The highest BCUT2D eigenvalue weighted by Crippen LogP contribution is 2.19. The highest BCUT2D eigenvalue weighted by molar-refractivity contribution is 5.75. The predicted molar refractivity (Wildman–Crippen MR) is 83.7 cm³/mol. The number of aromatic nitrogens is 2. The molecule has 20 heavy (non-hydrogen) atoms. The number of fused-ring (bicyclic) bond motifs is 1. The summed E-state index contributed by atoms with van der Waals surface area (Å²) in [6.45, 7) is 4.19. The van der Waals surface area contributed by atoms with Gasteiger partial charge in [-0.2, -0.15) is 0 Å². The minimum absolute atomic E-state index is 0.693. The van der Waals surface area contributed by atoms with E-state index in [1.165, 1.54) is 43.4 Å². The molecule has 3 nitrogen and oxygen atoms in total. The molecule has 3 heteroatoms. The minimum Gasteiger partial charge on any atom is -0.327 e. The third-order valence-corrected chi connectivity index (χ3v) is 4.33. The van der Waals surface area contributed by atoms with Crippen LogP contribution in [0.2, 0.25) is 0 Å². The molecule has 1 heterocycles. The molecule has 0 amide bonds. The molecule has 0 saturated heterocycles. The topological polar surface area (TPSA) is 29.9 Å². The Labute approximate surface area is 121 Å². The van der Waals surface area contributed by atoms with Crippen molar-refractivity contribution in [1.29, 1.82) is 0 Å². The van der Waals surface area contributed by atoms with Crippen LogP contribution in [0.1, 0.15) is 51.3 Å². The molecule has 0 bridgehead atoms. The normalized spacial score (nSPS) is 16.9. The maximum Gasteiger partial charge on any atom is 0.123 e. The van der Waals surface area contributed by atoms with Crippen molar-refractivity contribution in [1.82, 2.24) is 14.9 Å². The Morgan fingerprint density at radius 3 is 2.80 bits per heavy atom. The van der Waals surface area contributed by atoms with Crippen LogP contribution in [0.5, 0.6) is 0 Å². The Bertz CT molecular complexity index is 552. The van der Waals surface area contributed by atoms with E-state index < -0.39 is 0 Å². The van der Waals surface area contributed by atoms with Crippen LogP contribution in [0.4, 0.5) is 0 Å². The van der Waals surface area contributed by atoms with Crippen LogP contribution in [0.3, 0.4) is 0 Å². The zero-order valence-electron chi connectivity index (χ0n) is 12.4. The van der Waals surface area contributed by atoms with Gasteiger partial charge in [-0.05, 0) is 31.4 Å². The van der Waals surface area contributed by atoms with Gasteiger partial charge in [0.15, 0.2) is 0 Å². The molecule has 1 aromatic heterocycles. The van der Waals surface area contributed by atoms with Crippen LogP contribution in [0.25, 0.3) is 11.0 Å². The number of imidazole rings is 1. The molecule has 1 aromatic carbocycles. The lowest BCUT2D eigenvalue weighted by Gasteiger charge is -2.22. The molecule has 1 aliphatic rings. The Morgan fingerprint density at radius 2 is 2.00 bits per heavy atom. The summed E-state index contributed by atoms with van der Waals surface area (Å²) in [4.78, 5) is 4.82. The Hall–Kier alpha value is -1.35. The van der Waals surface area contributed by atoms with E-state index in [0.29, 0.717) is 6.04 Å². The van der Waals surface area contributed by atoms with Crippen molar-refractivity contribution in [3.05, 3.63) is 30.1 Å². The lowest BCUT2D eigenvalue weighted by atomic mass is 9.95. The Morgan fingerprint density at radius 1 is 1.20 bits per heavy atom. The van der Waals surface area contributed by atoms with Gasteiger partial charge in [0.25, 0.3) is 0 Å². The standard InChI is InChI=1S/C17H25N3/c1-2-12-20-16-11-7-6-10-15(16)19-17(20)13-18-14-8-4-3-5-9-14/h6-7,10-11,14,18H,2-5,8-9,12-13H2,1H3. The number of benzene rings is 1. The number of nitrogens with zero attached hydrogens (tertiary/aromatic N) is 2. The van der Waals surface area contributed by atoms with E-state index in [1.54, 1.807) is 0 Å². The number of rotatable bonds is 5. The fraction of sp³-hybridized carbons (Fsp3) is 0.588. The van der Waals surface area contributed by atoms with E-state index >= 15 is 0 Å². The molecule has 3 rings (SSSR count). The SMILES string of the molecule is CCCn1c(CNC2CCCCC2)nc2ccccc21. The molecule has 0 aliphatic heterocycles. The van der Waals surface area contributed by atoms with E-state index in [9.17, 15) is 0 Å². The van der Waals surface area contributed by atoms with Gasteiger partial charge in [-0.3, -0.25) is 0 Å². The van der Waals surface area contributed by atoms with E-state index in [2.05, 4.69) is 41.1 Å². The smallest absolute Gasteiger partial charge is 0.123 e. The third-order valence-electron chi connectivity index (χ3n) is 4.33. The van der Waals surface area contributed by atoms with E-state index in [4.69, 9.17) is 4.98 Å². The number of para-hydroxylation sites is 2. The molecular weight excluding hydrogens is 246 g/mol. The van der Waals surface area contributed by atoms with E-state index in [1.807, 2.05) is 0 Å². The van der Waals surface area contributed by atoms with Gasteiger partial charge in [0, 0.05) is 12.6 Å². The van der Waals surface area contributed by atoms with Crippen molar-refractivity contribution in [2.75, 3.05) is 0 Å². The summed E-state index contributed by atoms with van der Waals surface area (Å²) in [5, 5.41) is 3.71. The fourth-order valence-corrected chi connectivity index (χ4v) is 3.28. The van der Waals surface area contributed by atoms with Crippen molar-refractivity contribution < 1.29 is 0 Å². The highest BCUT2D eigenvalue weighted by Gasteiger charge is 2.15. The highest BCUT2D eigenvalue weighted by atomic mass is 15.1. The molecule has 1 N–H and O–H groups in total. The molecule has 0 spiro atoms. The van der Waals surface area contributed by atoms with Crippen LogP contribution in [0, 0.1) is 0 Å². The number of hydrogen-bond donors (Lipinski definition) is 1. The molecule has 0 unspecified atom stereocenters. The zero-order valence-corrected chi connectivity index (χ0v) is 12.4. The summed E-state index contributed by atoms with van der Waals surface area (Å²) in [7, 11) is 0. The van der Waals surface area contributed by atoms with Crippen molar-refractivity contribution in [2.24, 2.45) is 0 Å². The predicted octanol–water partition coefficient (Wildman–Crippen LogP) is 3.87. The van der Waals surface area contributed by atoms with Crippen molar-refractivity contribution >= 4 is 11.0 Å². The maximum absolute atomic E-state index is 4.82. The summed E-state index contributed by atoms with van der Waals surface area (Å²) in [5.74, 6) is 1.19. The van der Waals surface area contributed by atoms with Crippen molar-refractivity contribution in [3.63, 3.8) is 0 Å². The van der Waals surface area contributed by atoms with Crippen LogP contribution in [-0.2, 0) is 13.1 Å². The second-order valence-electron chi connectivity index (χ2n) is 5.88. The number of hydrogen-bond acceptors (Lipinski definition) is 2. The van der Waals surface area contributed by atoms with Crippen LogP contribution < -0.4 is 5.32 Å². The molecule has 108 valence electrons. The van der Waals surface area contributed by atoms with Gasteiger partial charge in [-0.25, -0.2) is 4.98 Å². The monoisotopic (exact) mass is 271 g/mol. The lowest BCUT2D eigenvalue weighted by Crippen LogP contribution is -2.31. The molecule has 0 radical (unpaired) electrons. The minimum atomic E-state index is 0.693. The molecule has 1 saturated carbocycles. The molecule has 2 aromatic rings. The second-order valence-corrected chi connectivity index (χ2v) is 5.88. The van der Waals surface area contributed by atoms with Gasteiger partial charge < -0.3 is 9.88 Å².